The summed E-state index contributed by atoms with van der Waals surface area (Å²) < 4.78 is 12.1. The fourth-order valence-electron chi connectivity index (χ4n) is 0.247. The van der Waals surface area contributed by atoms with E-state index in [-0.39, 0.29) is 0 Å². The zero-order chi connectivity index (χ0) is 5.98. The number of rotatable bonds is 0. The van der Waals surface area contributed by atoms with Gasteiger partial charge < -0.3 is 0 Å². The molecule has 0 saturated heterocycles. The van der Waals surface area contributed by atoms with Crippen LogP contribution in [0.2, 0.25) is 0 Å². The molecule has 0 unspecified atom stereocenters. The number of aromatic nitrogens is 3. The lowest BCUT2D eigenvalue weighted by Gasteiger charge is -1.82. The van der Waals surface area contributed by atoms with Gasteiger partial charge in [-0.15, -0.1) is 10.2 Å². The van der Waals surface area contributed by atoms with Gasteiger partial charge in [-0.1, -0.05) is 0 Å². The first-order chi connectivity index (χ1) is 3.79. The Morgan fingerprint density at radius 3 is 2.62 bits per heavy atom. The quantitative estimate of drug-likeness (QED) is 0.588. The van der Waals surface area contributed by atoms with Crippen molar-refractivity contribution >= 4 is 15.9 Å². The molecule has 1 aromatic rings. The molecule has 0 aliphatic heterocycles. The lowest BCUT2D eigenvalue weighted by molar-refractivity contribution is 0.550. The topological polar surface area (TPSA) is 38.7 Å². The summed E-state index contributed by atoms with van der Waals surface area (Å²) in [6.45, 7) is 0. The summed E-state index contributed by atoms with van der Waals surface area (Å²) in [4.78, 5) is 3.45. The van der Waals surface area contributed by atoms with Crippen molar-refractivity contribution < 1.29 is 4.39 Å². The van der Waals surface area contributed by atoms with Crippen molar-refractivity contribution in [3.63, 3.8) is 0 Å². The van der Waals surface area contributed by atoms with E-state index < -0.39 is 5.95 Å². The third-order valence-electron chi connectivity index (χ3n) is 0.506. The van der Waals surface area contributed by atoms with Crippen LogP contribution in [0.25, 0.3) is 0 Å². The zero-order valence-corrected chi connectivity index (χ0v) is 5.26. The van der Waals surface area contributed by atoms with Crippen molar-refractivity contribution in [2.75, 3.05) is 0 Å². The number of nitrogens with zero attached hydrogens (tertiary/aromatic N) is 3. The highest BCUT2D eigenvalue weighted by molar-refractivity contribution is 9.10. The minimum Gasteiger partial charge on any atom is -0.224 e. The van der Waals surface area contributed by atoms with Crippen LogP contribution < -0.4 is 0 Å². The molecule has 0 spiro atoms. The summed E-state index contributed by atoms with van der Waals surface area (Å²) in [5, 5.41) is 6.31. The summed E-state index contributed by atoms with van der Waals surface area (Å²) in [7, 11) is 0. The van der Waals surface area contributed by atoms with E-state index in [1.54, 1.807) is 0 Å². The van der Waals surface area contributed by atoms with E-state index in [2.05, 4.69) is 31.1 Å². The summed E-state index contributed by atoms with van der Waals surface area (Å²) in [5.74, 6) is -0.673. The normalized spacial score (nSPS) is 9.25. The summed E-state index contributed by atoms with van der Waals surface area (Å²) >= 11 is 2.89. The van der Waals surface area contributed by atoms with Gasteiger partial charge in [-0.2, -0.15) is 4.39 Å². The third kappa shape index (κ3) is 1.19. The highest BCUT2D eigenvalue weighted by Crippen LogP contribution is 1.95. The van der Waals surface area contributed by atoms with Gasteiger partial charge in [-0.25, -0.2) is 4.98 Å². The Bertz CT molecular complexity index is 153. The van der Waals surface area contributed by atoms with Gasteiger partial charge in [-0.3, -0.25) is 0 Å². The Labute approximate surface area is 53.1 Å². The van der Waals surface area contributed by atoms with Crippen LogP contribution in [0.5, 0.6) is 0 Å². The molecule has 3 nitrogen and oxygen atoms in total. The van der Waals surface area contributed by atoms with Crippen LogP contribution in [0.3, 0.4) is 0 Å². The van der Waals surface area contributed by atoms with Crippen LogP contribution in [0.15, 0.2) is 10.9 Å². The molecule has 0 aliphatic carbocycles. The monoisotopic (exact) mass is 177 g/mol. The Kier molecular flexibility index (Phi) is 1.48. The molecule has 0 radical (unpaired) electrons. The Hall–Kier alpha value is -0.580. The van der Waals surface area contributed by atoms with E-state index in [1.807, 2.05) is 0 Å². The second kappa shape index (κ2) is 2.13. The summed E-state index contributed by atoms with van der Waals surface area (Å²) in [5.41, 5.74) is 0. The highest BCUT2D eigenvalue weighted by atomic mass is 79.9. The standard InChI is InChI=1S/C3HBrFN3/c4-3-6-1-2(5)7-8-3/h1H. The maximum atomic E-state index is 11.8. The molecule has 1 rings (SSSR count). The van der Waals surface area contributed by atoms with Gasteiger partial charge in [-0.05, 0) is 15.9 Å². The first-order valence-electron chi connectivity index (χ1n) is 1.80. The van der Waals surface area contributed by atoms with E-state index in [4.69, 9.17) is 0 Å². The van der Waals surface area contributed by atoms with Gasteiger partial charge in [0.25, 0.3) is 5.95 Å². The summed E-state index contributed by atoms with van der Waals surface area (Å²) in [6.07, 6.45) is 0.983. The zero-order valence-electron chi connectivity index (χ0n) is 3.67. The fraction of sp³-hybridized carbons (Fsp3) is 0. The van der Waals surface area contributed by atoms with Gasteiger partial charge >= 0.3 is 0 Å². The molecule has 0 atom stereocenters. The van der Waals surface area contributed by atoms with Gasteiger partial charge in [0.15, 0.2) is 0 Å². The molecule has 1 aromatic heterocycles. The maximum Gasteiger partial charge on any atom is 0.251 e. The first-order valence-corrected chi connectivity index (χ1v) is 2.59. The van der Waals surface area contributed by atoms with Crippen molar-refractivity contribution in [3.8, 4) is 0 Å². The van der Waals surface area contributed by atoms with Crippen molar-refractivity contribution in [1.29, 1.82) is 0 Å². The molecule has 5 heteroatoms. The van der Waals surface area contributed by atoms with Crippen molar-refractivity contribution in [2.45, 2.75) is 0 Å². The average molecular weight is 178 g/mol. The second-order valence-corrected chi connectivity index (χ2v) is 1.76. The van der Waals surface area contributed by atoms with E-state index in [0.717, 1.165) is 6.20 Å². The van der Waals surface area contributed by atoms with Crippen LogP contribution >= 0.6 is 15.9 Å². The molecule has 0 amide bonds. The summed E-state index contributed by atoms with van der Waals surface area (Å²) in [6, 6.07) is 0. The molecule has 42 valence electrons. The van der Waals surface area contributed by atoms with Crippen LogP contribution in [-0.2, 0) is 0 Å². The molecule has 0 aromatic carbocycles. The van der Waals surface area contributed by atoms with Gasteiger partial charge in [0, 0.05) is 0 Å². The molecular weight excluding hydrogens is 177 g/mol. The maximum absolute atomic E-state index is 11.8. The van der Waals surface area contributed by atoms with E-state index >= 15 is 0 Å². The molecule has 0 fully saturated rings. The number of halogens is 2. The largest absolute Gasteiger partial charge is 0.251 e. The molecule has 0 bridgehead atoms. The Balaban J connectivity index is 3.03. The molecule has 0 aliphatic rings. The minimum absolute atomic E-state index is 0.291. The predicted octanol–water partition coefficient (Wildman–Crippen LogP) is 0.773. The Morgan fingerprint density at radius 2 is 2.25 bits per heavy atom. The van der Waals surface area contributed by atoms with Gasteiger partial charge in [0.2, 0.25) is 4.73 Å². The minimum atomic E-state index is -0.673. The van der Waals surface area contributed by atoms with Gasteiger partial charge in [0.1, 0.15) is 0 Å². The molecule has 0 N–H and O–H groups in total. The van der Waals surface area contributed by atoms with Crippen LogP contribution in [0, 0.1) is 5.95 Å². The lowest BCUT2D eigenvalue weighted by atomic mass is 10.9. The van der Waals surface area contributed by atoms with Gasteiger partial charge in [0.05, 0.1) is 6.20 Å². The average Bonchev–Trinajstić information content (AvgIpc) is 1.77. The number of hydrogen-bond donors (Lipinski definition) is 0. The molecule has 1 heterocycles. The van der Waals surface area contributed by atoms with E-state index in [9.17, 15) is 4.39 Å². The Morgan fingerprint density at radius 1 is 1.50 bits per heavy atom. The van der Waals surface area contributed by atoms with Crippen LogP contribution in [0.1, 0.15) is 0 Å². The van der Waals surface area contributed by atoms with Crippen molar-refractivity contribution in [1.82, 2.24) is 15.2 Å². The SMILES string of the molecule is Fc1cnc(Br)nn1. The highest BCUT2D eigenvalue weighted by Gasteiger charge is 1.89. The van der Waals surface area contributed by atoms with E-state index in [1.165, 1.54) is 0 Å². The van der Waals surface area contributed by atoms with Crippen LogP contribution in [0.4, 0.5) is 4.39 Å². The fourth-order valence-corrected chi connectivity index (χ4v) is 0.429. The predicted molar refractivity (Wildman–Crippen MR) is 27.5 cm³/mol. The van der Waals surface area contributed by atoms with Crippen molar-refractivity contribution in [3.05, 3.63) is 16.9 Å². The van der Waals surface area contributed by atoms with Crippen LogP contribution in [-0.4, -0.2) is 15.2 Å². The lowest BCUT2D eigenvalue weighted by Crippen LogP contribution is -1.89. The molecular formula is C3HBrFN3. The smallest absolute Gasteiger partial charge is 0.224 e. The third-order valence-corrected chi connectivity index (χ3v) is 0.869. The molecule has 8 heavy (non-hydrogen) atoms. The van der Waals surface area contributed by atoms with Crippen molar-refractivity contribution in [2.24, 2.45) is 0 Å². The second-order valence-electron chi connectivity index (χ2n) is 1.05. The molecule has 0 saturated carbocycles. The first kappa shape index (κ1) is 5.55. The van der Waals surface area contributed by atoms with E-state index in [0.29, 0.717) is 4.73 Å². The number of hydrogen-bond acceptors (Lipinski definition) is 3.